The van der Waals surface area contributed by atoms with Crippen molar-refractivity contribution in [2.24, 2.45) is 5.73 Å². The highest BCUT2D eigenvalue weighted by Gasteiger charge is 1.89. The van der Waals surface area contributed by atoms with Gasteiger partial charge in [0.25, 0.3) is 0 Å². The molecule has 0 saturated carbocycles. The van der Waals surface area contributed by atoms with Gasteiger partial charge >= 0.3 is 0 Å². The second-order valence-corrected chi connectivity index (χ2v) is 5.58. The van der Waals surface area contributed by atoms with E-state index in [0.29, 0.717) is 0 Å². The SMILES string of the molecule is CCCCCCCC/C=C\CCCCCCCC.CN. The number of nitrogens with two attached hydrogens (primary N) is 1. The van der Waals surface area contributed by atoms with Crippen LogP contribution in [0.5, 0.6) is 0 Å². The zero-order valence-electron chi connectivity index (χ0n) is 14.6. The minimum atomic E-state index is 1.31. The standard InChI is InChI=1S/C18H36.CH5N/c1-3-5-7-9-11-13-15-17-18-16-14-12-10-8-6-4-2;1-2/h17-18H,3-16H2,1-2H3;2H2,1H3/b18-17-;. The molecule has 0 unspecified atom stereocenters. The van der Waals surface area contributed by atoms with E-state index in [1.165, 1.54) is 96.9 Å². The molecule has 1 heteroatoms. The molecule has 0 aromatic heterocycles. The Morgan fingerprint density at radius 3 is 1.15 bits per heavy atom. The van der Waals surface area contributed by atoms with Gasteiger partial charge in [-0.05, 0) is 32.7 Å². The van der Waals surface area contributed by atoms with Crippen LogP contribution in [-0.4, -0.2) is 7.05 Å². The Labute approximate surface area is 129 Å². The molecule has 1 nitrogen and oxygen atoms in total. The van der Waals surface area contributed by atoms with Crippen LogP contribution in [0.4, 0.5) is 0 Å². The summed E-state index contributed by atoms with van der Waals surface area (Å²) in [5, 5.41) is 0. The van der Waals surface area contributed by atoms with Gasteiger partial charge in [0.15, 0.2) is 0 Å². The lowest BCUT2D eigenvalue weighted by Crippen LogP contribution is -1.79. The Kier molecular flexibility index (Phi) is 26.1. The molecule has 0 spiro atoms. The van der Waals surface area contributed by atoms with E-state index in [9.17, 15) is 0 Å². The highest BCUT2D eigenvalue weighted by molar-refractivity contribution is 4.81. The summed E-state index contributed by atoms with van der Waals surface area (Å²) >= 11 is 0. The fraction of sp³-hybridized carbons (Fsp3) is 0.895. The summed E-state index contributed by atoms with van der Waals surface area (Å²) in [7, 11) is 1.50. The molecule has 20 heavy (non-hydrogen) atoms. The molecule has 0 bridgehead atoms. The summed E-state index contributed by atoms with van der Waals surface area (Å²) in [4.78, 5) is 0. The average molecular weight is 284 g/mol. The second kappa shape index (κ2) is 23.8. The normalized spacial score (nSPS) is 10.6. The van der Waals surface area contributed by atoms with Crippen LogP contribution in [0, 0.1) is 0 Å². The van der Waals surface area contributed by atoms with Crippen LogP contribution >= 0.6 is 0 Å². The number of rotatable bonds is 14. The Bertz CT molecular complexity index is 145. The van der Waals surface area contributed by atoms with Crippen LogP contribution in [0.3, 0.4) is 0 Å². The van der Waals surface area contributed by atoms with Crippen molar-refractivity contribution in [2.75, 3.05) is 7.05 Å². The maximum absolute atomic E-state index is 4.50. The molecule has 0 aliphatic rings. The number of hydrogen-bond acceptors (Lipinski definition) is 1. The van der Waals surface area contributed by atoms with E-state index in [-0.39, 0.29) is 0 Å². The predicted octanol–water partition coefficient (Wildman–Crippen LogP) is 6.62. The number of unbranched alkanes of at least 4 members (excludes halogenated alkanes) is 12. The average Bonchev–Trinajstić information content (AvgIpc) is 2.50. The summed E-state index contributed by atoms with van der Waals surface area (Å²) in [6, 6.07) is 0. The van der Waals surface area contributed by atoms with Crippen LogP contribution in [0.15, 0.2) is 12.2 Å². The first-order chi connectivity index (χ1) is 9.91. The monoisotopic (exact) mass is 283 g/mol. The maximum Gasteiger partial charge on any atom is -0.0195 e. The number of allylic oxidation sites excluding steroid dienone is 2. The molecule has 0 saturated heterocycles. The molecule has 0 aromatic carbocycles. The van der Waals surface area contributed by atoms with Gasteiger partial charge < -0.3 is 5.73 Å². The highest BCUT2D eigenvalue weighted by Crippen LogP contribution is 2.09. The van der Waals surface area contributed by atoms with Crippen molar-refractivity contribution in [3.8, 4) is 0 Å². The molecule has 0 fully saturated rings. The zero-order chi connectivity index (χ0) is 15.3. The van der Waals surface area contributed by atoms with Crippen molar-refractivity contribution >= 4 is 0 Å². The van der Waals surface area contributed by atoms with Gasteiger partial charge in [-0.15, -0.1) is 0 Å². The van der Waals surface area contributed by atoms with Crippen molar-refractivity contribution in [3.63, 3.8) is 0 Å². The van der Waals surface area contributed by atoms with Crippen LogP contribution in [0.1, 0.15) is 104 Å². The Hall–Kier alpha value is -0.300. The fourth-order valence-electron chi connectivity index (χ4n) is 2.32. The molecule has 2 N–H and O–H groups in total. The zero-order valence-corrected chi connectivity index (χ0v) is 14.6. The Morgan fingerprint density at radius 2 is 0.800 bits per heavy atom. The van der Waals surface area contributed by atoms with Crippen molar-refractivity contribution in [3.05, 3.63) is 12.2 Å². The third-order valence-electron chi connectivity index (χ3n) is 3.62. The minimum absolute atomic E-state index is 1.31. The molecule has 0 aliphatic heterocycles. The lowest BCUT2D eigenvalue weighted by atomic mass is 10.1. The van der Waals surface area contributed by atoms with Crippen molar-refractivity contribution in [2.45, 2.75) is 104 Å². The fourth-order valence-corrected chi connectivity index (χ4v) is 2.32. The van der Waals surface area contributed by atoms with E-state index >= 15 is 0 Å². The first-order valence-corrected chi connectivity index (χ1v) is 9.14. The van der Waals surface area contributed by atoms with Crippen LogP contribution < -0.4 is 5.73 Å². The van der Waals surface area contributed by atoms with Crippen molar-refractivity contribution in [1.29, 1.82) is 0 Å². The molecule has 0 rings (SSSR count). The van der Waals surface area contributed by atoms with Crippen LogP contribution in [-0.2, 0) is 0 Å². The Balaban J connectivity index is 0. The summed E-state index contributed by atoms with van der Waals surface area (Å²) in [5.41, 5.74) is 4.50. The summed E-state index contributed by atoms with van der Waals surface area (Å²) in [6.45, 7) is 4.57. The Morgan fingerprint density at radius 1 is 0.500 bits per heavy atom. The van der Waals surface area contributed by atoms with Crippen LogP contribution in [0.2, 0.25) is 0 Å². The quantitative estimate of drug-likeness (QED) is 0.281. The third-order valence-corrected chi connectivity index (χ3v) is 3.62. The van der Waals surface area contributed by atoms with Gasteiger partial charge in [0.2, 0.25) is 0 Å². The largest absolute Gasteiger partial charge is 0.333 e. The van der Waals surface area contributed by atoms with Crippen molar-refractivity contribution in [1.82, 2.24) is 0 Å². The molecule has 0 amide bonds. The smallest absolute Gasteiger partial charge is 0.0195 e. The predicted molar refractivity (Wildman–Crippen MR) is 95.2 cm³/mol. The first kappa shape index (κ1) is 22.0. The lowest BCUT2D eigenvalue weighted by molar-refractivity contribution is 0.606. The van der Waals surface area contributed by atoms with E-state index in [0.717, 1.165) is 0 Å². The summed E-state index contributed by atoms with van der Waals surface area (Å²) in [5.74, 6) is 0. The van der Waals surface area contributed by atoms with E-state index < -0.39 is 0 Å². The first-order valence-electron chi connectivity index (χ1n) is 9.14. The highest BCUT2D eigenvalue weighted by atomic mass is 14.4. The van der Waals surface area contributed by atoms with Crippen molar-refractivity contribution < 1.29 is 0 Å². The van der Waals surface area contributed by atoms with Gasteiger partial charge in [0, 0.05) is 0 Å². The van der Waals surface area contributed by atoms with E-state index in [1.807, 2.05) is 0 Å². The molecule has 0 aromatic rings. The maximum atomic E-state index is 4.50. The van der Waals surface area contributed by atoms with E-state index in [4.69, 9.17) is 0 Å². The molecular weight excluding hydrogens is 242 g/mol. The third kappa shape index (κ3) is 22.8. The van der Waals surface area contributed by atoms with E-state index in [1.54, 1.807) is 0 Å². The van der Waals surface area contributed by atoms with Gasteiger partial charge in [0.1, 0.15) is 0 Å². The molecule has 0 atom stereocenters. The minimum Gasteiger partial charge on any atom is -0.333 e. The molecule has 0 radical (unpaired) electrons. The summed E-state index contributed by atoms with van der Waals surface area (Å²) < 4.78 is 0. The van der Waals surface area contributed by atoms with Gasteiger partial charge in [-0.3, -0.25) is 0 Å². The van der Waals surface area contributed by atoms with Gasteiger partial charge in [-0.1, -0.05) is 90.2 Å². The van der Waals surface area contributed by atoms with Crippen LogP contribution in [0.25, 0.3) is 0 Å². The topological polar surface area (TPSA) is 26.0 Å². The van der Waals surface area contributed by atoms with Gasteiger partial charge in [0.05, 0.1) is 0 Å². The molecule has 122 valence electrons. The second-order valence-electron chi connectivity index (χ2n) is 5.58. The van der Waals surface area contributed by atoms with Gasteiger partial charge in [-0.2, -0.15) is 0 Å². The summed E-state index contributed by atoms with van der Waals surface area (Å²) in [6.07, 6.45) is 24.4. The molecule has 0 heterocycles. The van der Waals surface area contributed by atoms with Gasteiger partial charge in [-0.25, -0.2) is 0 Å². The molecule has 0 aliphatic carbocycles. The molecular formula is C19H41N. The lowest BCUT2D eigenvalue weighted by Gasteiger charge is -1.98. The number of hydrogen-bond donors (Lipinski definition) is 1. The van der Waals surface area contributed by atoms with E-state index in [2.05, 4.69) is 31.7 Å².